The Balaban J connectivity index is 1.75. The van der Waals surface area contributed by atoms with E-state index in [0.29, 0.717) is 29.3 Å². The molecule has 0 aliphatic carbocycles. The molecule has 1 aliphatic rings. The molecule has 2 aromatic carbocycles. The fraction of sp³-hybridized carbons (Fsp3) is 0.409. The van der Waals surface area contributed by atoms with E-state index < -0.39 is 10.0 Å². The Kier molecular flexibility index (Phi) is 7.19. The SMILES string of the molecule is CN(C)c1ccc(S(=O)(=O)N(C)C)cc1NC(=O)c1ccc(OC[C@H]2CCCO2)cc1. The lowest BCUT2D eigenvalue weighted by Crippen LogP contribution is -2.23. The molecule has 0 bridgehead atoms. The molecular weight excluding hydrogens is 418 g/mol. The van der Waals surface area contributed by atoms with Crippen LogP contribution in [0.15, 0.2) is 47.4 Å². The smallest absolute Gasteiger partial charge is 0.255 e. The molecule has 0 spiro atoms. The number of anilines is 2. The lowest BCUT2D eigenvalue weighted by Gasteiger charge is -2.20. The van der Waals surface area contributed by atoms with Gasteiger partial charge in [-0.05, 0) is 55.3 Å². The van der Waals surface area contributed by atoms with Gasteiger partial charge < -0.3 is 19.7 Å². The first-order valence-electron chi connectivity index (χ1n) is 10.1. The first-order valence-corrected chi connectivity index (χ1v) is 11.5. The summed E-state index contributed by atoms with van der Waals surface area (Å²) in [4.78, 5) is 14.7. The van der Waals surface area contributed by atoms with Gasteiger partial charge in [-0.2, -0.15) is 0 Å². The van der Waals surface area contributed by atoms with Crippen molar-refractivity contribution in [3.8, 4) is 5.75 Å². The van der Waals surface area contributed by atoms with E-state index in [-0.39, 0.29) is 16.9 Å². The Morgan fingerprint density at radius 2 is 1.84 bits per heavy atom. The van der Waals surface area contributed by atoms with E-state index in [1.54, 1.807) is 30.3 Å². The van der Waals surface area contributed by atoms with Crippen LogP contribution in [0.2, 0.25) is 0 Å². The second-order valence-electron chi connectivity index (χ2n) is 7.79. The molecule has 1 aliphatic heterocycles. The summed E-state index contributed by atoms with van der Waals surface area (Å²) in [6.07, 6.45) is 2.18. The van der Waals surface area contributed by atoms with Crippen LogP contribution in [-0.4, -0.2) is 66.1 Å². The number of nitrogens with zero attached hydrogens (tertiary/aromatic N) is 2. The van der Waals surface area contributed by atoms with Crippen molar-refractivity contribution in [2.24, 2.45) is 0 Å². The number of carbonyl (C=O) groups excluding carboxylic acids is 1. The van der Waals surface area contributed by atoms with Crippen molar-refractivity contribution in [3.63, 3.8) is 0 Å². The minimum Gasteiger partial charge on any atom is -0.491 e. The van der Waals surface area contributed by atoms with Crippen LogP contribution < -0.4 is 15.0 Å². The lowest BCUT2D eigenvalue weighted by molar-refractivity contribution is 0.0679. The molecule has 1 heterocycles. The molecule has 168 valence electrons. The van der Waals surface area contributed by atoms with Crippen molar-refractivity contribution in [1.82, 2.24) is 4.31 Å². The van der Waals surface area contributed by atoms with Crippen LogP contribution in [0.1, 0.15) is 23.2 Å². The highest BCUT2D eigenvalue weighted by atomic mass is 32.2. The summed E-state index contributed by atoms with van der Waals surface area (Å²) in [5.41, 5.74) is 1.55. The normalized spacial score (nSPS) is 16.4. The molecule has 0 radical (unpaired) electrons. The number of sulfonamides is 1. The number of carbonyl (C=O) groups is 1. The van der Waals surface area contributed by atoms with Gasteiger partial charge in [0.25, 0.3) is 5.91 Å². The average Bonchev–Trinajstić information content (AvgIpc) is 3.26. The Bertz CT molecular complexity index is 1010. The maximum Gasteiger partial charge on any atom is 0.255 e. The van der Waals surface area contributed by atoms with Gasteiger partial charge in [-0.25, -0.2) is 12.7 Å². The third kappa shape index (κ3) is 5.55. The summed E-state index contributed by atoms with van der Waals surface area (Å²) in [6.45, 7) is 1.27. The number of nitrogens with one attached hydrogen (secondary N) is 1. The molecule has 1 fully saturated rings. The molecule has 31 heavy (non-hydrogen) atoms. The summed E-state index contributed by atoms with van der Waals surface area (Å²) in [6, 6.07) is 11.5. The molecule has 9 heteroatoms. The number of benzene rings is 2. The van der Waals surface area contributed by atoms with Gasteiger partial charge in [0, 0.05) is 40.4 Å². The first kappa shape index (κ1) is 23.1. The molecule has 0 unspecified atom stereocenters. The van der Waals surface area contributed by atoms with Gasteiger partial charge in [0.05, 0.1) is 22.4 Å². The highest BCUT2D eigenvalue weighted by molar-refractivity contribution is 7.89. The molecule has 0 aromatic heterocycles. The molecule has 3 rings (SSSR count). The van der Waals surface area contributed by atoms with E-state index in [1.165, 1.54) is 26.2 Å². The molecule has 8 nitrogen and oxygen atoms in total. The lowest BCUT2D eigenvalue weighted by atomic mass is 10.2. The second kappa shape index (κ2) is 9.67. The van der Waals surface area contributed by atoms with Crippen LogP contribution in [0.25, 0.3) is 0 Å². The Morgan fingerprint density at radius 3 is 2.42 bits per heavy atom. The Morgan fingerprint density at radius 1 is 1.13 bits per heavy atom. The predicted octanol–water partition coefficient (Wildman–Crippen LogP) is 2.81. The van der Waals surface area contributed by atoms with E-state index in [4.69, 9.17) is 9.47 Å². The Hall–Kier alpha value is -2.62. The van der Waals surface area contributed by atoms with Gasteiger partial charge in [-0.1, -0.05) is 0 Å². The van der Waals surface area contributed by atoms with Gasteiger partial charge in [0.15, 0.2) is 0 Å². The monoisotopic (exact) mass is 447 g/mol. The zero-order valence-electron chi connectivity index (χ0n) is 18.3. The number of rotatable bonds is 8. The van der Waals surface area contributed by atoms with Crippen LogP contribution >= 0.6 is 0 Å². The number of ether oxygens (including phenoxy) is 2. The largest absolute Gasteiger partial charge is 0.491 e. The summed E-state index contributed by atoms with van der Waals surface area (Å²) in [5, 5.41) is 2.83. The zero-order valence-corrected chi connectivity index (χ0v) is 19.1. The van der Waals surface area contributed by atoms with Crippen LogP contribution in [0.3, 0.4) is 0 Å². The fourth-order valence-corrected chi connectivity index (χ4v) is 4.17. The summed E-state index contributed by atoms with van der Waals surface area (Å²) < 4.78 is 37.4. The average molecular weight is 448 g/mol. The van der Waals surface area contributed by atoms with E-state index in [0.717, 1.165) is 23.8 Å². The van der Waals surface area contributed by atoms with Gasteiger partial charge in [0.2, 0.25) is 10.0 Å². The number of hydrogen-bond donors (Lipinski definition) is 1. The van der Waals surface area contributed by atoms with Crippen molar-refractivity contribution < 1.29 is 22.7 Å². The van der Waals surface area contributed by atoms with Crippen LogP contribution in [0.5, 0.6) is 5.75 Å². The minimum atomic E-state index is -3.62. The van der Waals surface area contributed by atoms with Gasteiger partial charge in [0.1, 0.15) is 12.4 Å². The van der Waals surface area contributed by atoms with Gasteiger partial charge >= 0.3 is 0 Å². The quantitative estimate of drug-likeness (QED) is 0.670. The highest BCUT2D eigenvalue weighted by Gasteiger charge is 2.20. The van der Waals surface area contributed by atoms with Crippen molar-refractivity contribution in [2.75, 3.05) is 51.6 Å². The van der Waals surface area contributed by atoms with E-state index >= 15 is 0 Å². The molecule has 1 saturated heterocycles. The molecular formula is C22H29N3O5S. The van der Waals surface area contributed by atoms with E-state index in [2.05, 4.69) is 5.32 Å². The zero-order chi connectivity index (χ0) is 22.6. The number of hydrogen-bond acceptors (Lipinski definition) is 6. The van der Waals surface area contributed by atoms with Gasteiger partial charge in [-0.3, -0.25) is 4.79 Å². The van der Waals surface area contributed by atoms with E-state index in [1.807, 2.05) is 19.0 Å². The Labute approximate surface area is 183 Å². The highest BCUT2D eigenvalue weighted by Crippen LogP contribution is 2.29. The van der Waals surface area contributed by atoms with Crippen molar-refractivity contribution in [3.05, 3.63) is 48.0 Å². The topological polar surface area (TPSA) is 88.2 Å². The maximum absolute atomic E-state index is 12.8. The molecule has 0 saturated carbocycles. The molecule has 2 aromatic rings. The molecule has 1 N–H and O–H groups in total. The minimum absolute atomic E-state index is 0.108. The summed E-state index contributed by atoms with van der Waals surface area (Å²) in [7, 11) is 2.96. The standard InChI is InChI=1S/C22H29N3O5S/c1-24(2)21-12-11-19(31(27,28)25(3)4)14-20(21)23-22(26)16-7-9-17(10-8-16)30-15-18-6-5-13-29-18/h7-12,14,18H,5-6,13,15H2,1-4H3,(H,23,26)/t18-/m1/s1. The second-order valence-corrected chi connectivity index (χ2v) is 9.94. The van der Waals surface area contributed by atoms with E-state index in [9.17, 15) is 13.2 Å². The van der Waals surface area contributed by atoms with Crippen LogP contribution in [0.4, 0.5) is 11.4 Å². The third-order valence-electron chi connectivity index (χ3n) is 5.05. The molecule has 1 amide bonds. The third-order valence-corrected chi connectivity index (χ3v) is 6.86. The first-order chi connectivity index (χ1) is 14.7. The van der Waals surface area contributed by atoms with Crippen LogP contribution in [0, 0.1) is 0 Å². The van der Waals surface area contributed by atoms with Crippen molar-refractivity contribution >= 4 is 27.3 Å². The fourth-order valence-electron chi connectivity index (χ4n) is 3.24. The van der Waals surface area contributed by atoms with Crippen LogP contribution in [-0.2, 0) is 14.8 Å². The van der Waals surface area contributed by atoms with Gasteiger partial charge in [-0.15, -0.1) is 0 Å². The molecule has 1 atom stereocenters. The number of amides is 1. The maximum atomic E-state index is 12.8. The summed E-state index contributed by atoms with van der Waals surface area (Å²) >= 11 is 0. The van der Waals surface area contributed by atoms with Crippen molar-refractivity contribution in [2.45, 2.75) is 23.8 Å². The summed E-state index contributed by atoms with van der Waals surface area (Å²) in [5.74, 6) is 0.327. The van der Waals surface area contributed by atoms with Crippen molar-refractivity contribution in [1.29, 1.82) is 0 Å². The predicted molar refractivity (Wildman–Crippen MR) is 121 cm³/mol.